The number of benzene rings is 1. The highest BCUT2D eigenvalue weighted by molar-refractivity contribution is 5.81. The van der Waals surface area contributed by atoms with Gasteiger partial charge in [0.25, 0.3) is 0 Å². The molecule has 1 saturated heterocycles. The number of carbonyl (C=O) groups excluding carboxylic acids is 1. The fraction of sp³-hybridized carbons (Fsp3) is 0.611. The lowest BCUT2D eigenvalue weighted by molar-refractivity contribution is -0.131. The predicted octanol–water partition coefficient (Wildman–Crippen LogP) is 2.07. The molecule has 23 heavy (non-hydrogen) atoms. The molecule has 2 rings (SSSR count). The van der Waals surface area contributed by atoms with E-state index in [4.69, 9.17) is 10.5 Å². The minimum absolute atomic E-state index is 0.160. The number of nitrogens with one attached hydrogen (secondary N) is 1. The number of nitrogens with zero attached hydrogens (tertiary/aromatic N) is 1. The molecule has 1 amide bonds. The van der Waals surface area contributed by atoms with Gasteiger partial charge in [-0.2, -0.15) is 0 Å². The maximum atomic E-state index is 12.4. The number of hydrogen-bond donors (Lipinski definition) is 2. The number of para-hydroxylation sites is 1. The number of anilines is 1. The van der Waals surface area contributed by atoms with Crippen molar-refractivity contribution in [2.24, 2.45) is 5.73 Å². The van der Waals surface area contributed by atoms with Crippen molar-refractivity contribution in [3.05, 3.63) is 29.3 Å². The van der Waals surface area contributed by atoms with Gasteiger partial charge in [0.1, 0.15) is 0 Å². The van der Waals surface area contributed by atoms with Gasteiger partial charge in [0.15, 0.2) is 0 Å². The van der Waals surface area contributed by atoms with E-state index in [0.29, 0.717) is 13.1 Å². The first-order chi connectivity index (χ1) is 11.1. The Balaban J connectivity index is 1.75. The molecule has 0 radical (unpaired) electrons. The smallest absolute Gasteiger partial charge is 0.241 e. The first-order valence-corrected chi connectivity index (χ1v) is 8.51. The van der Waals surface area contributed by atoms with E-state index in [1.165, 1.54) is 11.1 Å². The van der Waals surface area contributed by atoms with Crippen LogP contribution in [-0.2, 0) is 9.53 Å². The van der Waals surface area contributed by atoms with Crippen LogP contribution in [0.1, 0.15) is 30.4 Å². The molecule has 3 N–H and O–H groups in total. The monoisotopic (exact) mass is 319 g/mol. The fourth-order valence-corrected chi connectivity index (χ4v) is 2.97. The first-order valence-electron chi connectivity index (χ1n) is 8.51. The summed E-state index contributed by atoms with van der Waals surface area (Å²) in [6.07, 6.45) is 3.01. The van der Waals surface area contributed by atoms with Crippen molar-refractivity contribution in [1.82, 2.24) is 4.90 Å². The van der Waals surface area contributed by atoms with Crippen molar-refractivity contribution in [3.63, 3.8) is 0 Å². The third kappa shape index (κ3) is 5.22. The summed E-state index contributed by atoms with van der Waals surface area (Å²) in [6.45, 7) is 7.42. The van der Waals surface area contributed by atoms with E-state index in [0.717, 1.165) is 44.6 Å². The van der Waals surface area contributed by atoms with Gasteiger partial charge in [-0.05, 0) is 50.8 Å². The average molecular weight is 319 g/mol. The van der Waals surface area contributed by atoms with E-state index >= 15 is 0 Å². The number of carbonyl (C=O) groups is 1. The topological polar surface area (TPSA) is 67.6 Å². The Morgan fingerprint density at radius 1 is 1.30 bits per heavy atom. The molecule has 1 aromatic rings. The largest absolute Gasteiger partial charge is 0.378 e. The Morgan fingerprint density at radius 3 is 2.57 bits per heavy atom. The molecule has 1 aromatic carbocycles. The SMILES string of the molecule is Cc1cccc(C)c1NCC(=O)N1CCC(OCCCN)CC1. The van der Waals surface area contributed by atoms with E-state index < -0.39 is 0 Å². The summed E-state index contributed by atoms with van der Waals surface area (Å²) in [7, 11) is 0. The van der Waals surface area contributed by atoms with Gasteiger partial charge in [0.05, 0.1) is 12.6 Å². The second-order valence-electron chi connectivity index (χ2n) is 6.21. The van der Waals surface area contributed by atoms with Crippen molar-refractivity contribution in [1.29, 1.82) is 0 Å². The predicted molar refractivity (Wildman–Crippen MR) is 93.6 cm³/mol. The summed E-state index contributed by atoms with van der Waals surface area (Å²) in [4.78, 5) is 14.3. The minimum Gasteiger partial charge on any atom is -0.378 e. The van der Waals surface area contributed by atoms with E-state index in [1.54, 1.807) is 0 Å². The molecule has 0 aromatic heterocycles. The second kappa shape index (κ2) is 8.89. The van der Waals surface area contributed by atoms with Crippen molar-refractivity contribution in [2.75, 3.05) is 38.1 Å². The maximum Gasteiger partial charge on any atom is 0.241 e. The maximum absolute atomic E-state index is 12.4. The minimum atomic E-state index is 0.160. The molecule has 1 aliphatic rings. The van der Waals surface area contributed by atoms with Crippen molar-refractivity contribution < 1.29 is 9.53 Å². The van der Waals surface area contributed by atoms with Gasteiger partial charge >= 0.3 is 0 Å². The molecular weight excluding hydrogens is 290 g/mol. The Bertz CT molecular complexity index is 491. The van der Waals surface area contributed by atoms with Crippen LogP contribution in [0, 0.1) is 13.8 Å². The van der Waals surface area contributed by atoms with Gasteiger partial charge in [0.2, 0.25) is 5.91 Å². The number of likely N-dealkylation sites (tertiary alicyclic amines) is 1. The standard InChI is InChI=1S/C18H29N3O2/c1-14-5-3-6-15(2)18(14)20-13-17(22)21-10-7-16(8-11-21)23-12-4-9-19/h3,5-6,16,20H,4,7-13,19H2,1-2H3. The summed E-state index contributed by atoms with van der Waals surface area (Å²) < 4.78 is 5.78. The van der Waals surface area contributed by atoms with E-state index in [2.05, 4.69) is 31.3 Å². The van der Waals surface area contributed by atoms with Crippen LogP contribution in [0.3, 0.4) is 0 Å². The molecule has 0 bridgehead atoms. The Morgan fingerprint density at radius 2 is 1.96 bits per heavy atom. The summed E-state index contributed by atoms with van der Waals surface area (Å²) in [6, 6.07) is 6.15. The van der Waals surface area contributed by atoms with Crippen molar-refractivity contribution in [2.45, 2.75) is 39.2 Å². The van der Waals surface area contributed by atoms with Crippen LogP contribution in [0.4, 0.5) is 5.69 Å². The van der Waals surface area contributed by atoms with Crippen molar-refractivity contribution >= 4 is 11.6 Å². The van der Waals surface area contributed by atoms with Crippen LogP contribution < -0.4 is 11.1 Å². The number of piperidine rings is 1. The highest BCUT2D eigenvalue weighted by Crippen LogP contribution is 2.19. The number of rotatable bonds is 7. The molecule has 0 unspecified atom stereocenters. The fourth-order valence-electron chi connectivity index (χ4n) is 2.97. The molecule has 0 atom stereocenters. The first kappa shape index (κ1) is 17.8. The Kier molecular flexibility index (Phi) is 6.86. The van der Waals surface area contributed by atoms with Gasteiger partial charge in [-0.15, -0.1) is 0 Å². The number of hydrogen-bond acceptors (Lipinski definition) is 4. The van der Waals surface area contributed by atoms with E-state index in [9.17, 15) is 4.79 Å². The number of aryl methyl sites for hydroxylation is 2. The van der Waals surface area contributed by atoms with Gasteiger partial charge < -0.3 is 20.7 Å². The third-order valence-corrected chi connectivity index (χ3v) is 4.39. The summed E-state index contributed by atoms with van der Waals surface area (Å²) in [5.74, 6) is 0.160. The van der Waals surface area contributed by atoms with Crippen LogP contribution in [0.15, 0.2) is 18.2 Å². The Hall–Kier alpha value is -1.59. The van der Waals surface area contributed by atoms with Crippen molar-refractivity contribution in [3.8, 4) is 0 Å². The van der Waals surface area contributed by atoms with Crippen LogP contribution in [0.2, 0.25) is 0 Å². The zero-order valence-electron chi connectivity index (χ0n) is 14.3. The number of ether oxygens (including phenoxy) is 1. The highest BCUT2D eigenvalue weighted by atomic mass is 16.5. The van der Waals surface area contributed by atoms with E-state index in [1.807, 2.05) is 11.0 Å². The van der Waals surface area contributed by atoms with Crippen LogP contribution in [0.5, 0.6) is 0 Å². The quantitative estimate of drug-likeness (QED) is 0.755. The molecule has 5 nitrogen and oxygen atoms in total. The summed E-state index contributed by atoms with van der Waals surface area (Å²) in [5.41, 5.74) is 8.88. The van der Waals surface area contributed by atoms with E-state index in [-0.39, 0.29) is 12.0 Å². The van der Waals surface area contributed by atoms with Gasteiger partial charge in [-0.3, -0.25) is 4.79 Å². The average Bonchev–Trinajstić information content (AvgIpc) is 2.55. The van der Waals surface area contributed by atoms with Crippen LogP contribution in [0.25, 0.3) is 0 Å². The molecule has 0 aliphatic carbocycles. The molecule has 1 fully saturated rings. The number of amides is 1. The molecule has 0 saturated carbocycles. The van der Waals surface area contributed by atoms with Crippen LogP contribution in [-0.4, -0.2) is 49.7 Å². The van der Waals surface area contributed by atoms with Crippen LogP contribution >= 0.6 is 0 Å². The Labute approximate surface area is 139 Å². The summed E-state index contributed by atoms with van der Waals surface area (Å²) in [5, 5.41) is 3.30. The third-order valence-electron chi connectivity index (χ3n) is 4.39. The molecule has 1 aliphatic heterocycles. The molecular formula is C18H29N3O2. The van der Waals surface area contributed by atoms with Gasteiger partial charge in [0, 0.05) is 25.4 Å². The highest BCUT2D eigenvalue weighted by Gasteiger charge is 2.23. The lowest BCUT2D eigenvalue weighted by Gasteiger charge is -2.32. The van der Waals surface area contributed by atoms with Gasteiger partial charge in [-0.1, -0.05) is 18.2 Å². The molecule has 5 heteroatoms. The number of nitrogens with two attached hydrogens (primary N) is 1. The molecule has 128 valence electrons. The normalized spacial score (nSPS) is 15.7. The molecule has 0 spiro atoms. The lowest BCUT2D eigenvalue weighted by atomic mass is 10.1. The zero-order valence-corrected chi connectivity index (χ0v) is 14.3. The summed E-state index contributed by atoms with van der Waals surface area (Å²) >= 11 is 0. The second-order valence-corrected chi connectivity index (χ2v) is 6.21. The molecule has 1 heterocycles. The van der Waals surface area contributed by atoms with Gasteiger partial charge in [-0.25, -0.2) is 0 Å². The lowest BCUT2D eigenvalue weighted by Crippen LogP contribution is -2.43. The zero-order chi connectivity index (χ0) is 16.7.